The maximum absolute atomic E-state index is 13.1. The molecule has 1 aromatic carbocycles. The molecule has 6 N–H and O–H groups in total. The smallest absolute Gasteiger partial charge is 0.264 e. The van der Waals surface area contributed by atoms with Crippen LogP contribution in [0, 0.1) is 5.41 Å². The van der Waals surface area contributed by atoms with Gasteiger partial charge >= 0.3 is 0 Å². The Morgan fingerprint density at radius 1 is 1.14 bits per heavy atom. The number of benzene rings is 1. The van der Waals surface area contributed by atoms with Crippen LogP contribution in [0.25, 0.3) is 0 Å². The van der Waals surface area contributed by atoms with Gasteiger partial charge < -0.3 is 21.5 Å². The van der Waals surface area contributed by atoms with Crippen molar-refractivity contribution in [3.63, 3.8) is 0 Å². The fourth-order valence-corrected chi connectivity index (χ4v) is 4.63. The molecule has 1 aliphatic carbocycles. The number of amides is 6. The molecule has 1 saturated heterocycles. The first-order chi connectivity index (χ1) is 17.6. The molecule has 12 heteroatoms. The maximum Gasteiger partial charge on any atom is 0.264 e. The topological polar surface area (TPSA) is 191 Å². The van der Waals surface area contributed by atoms with Crippen molar-refractivity contribution in [2.24, 2.45) is 16.9 Å². The van der Waals surface area contributed by atoms with Crippen molar-refractivity contribution in [2.75, 3.05) is 25.1 Å². The SMILES string of the molecule is NC(=O)C1=CCC(CCOCCNc2cccc3c2C(=O)N(C2CCC(=O)NC2=O)C3=O)(C(N)=O)C=C1. The second-order valence-electron chi connectivity index (χ2n) is 9.05. The number of nitrogens with two attached hydrogens (primary N) is 2. The van der Waals surface area contributed by atoms with Gasteiger partial charge in [0.05, 0.1) is 23.1 Å². The fourth-order valence-electron chi connectivity index (χ4n) is 4.63. The molecule has 2 aliphatic heterocycles. The molecule has 2 heterocycles. The van der Waals surface area contributed by atoms with Gasteiger partial charge in [0.1, 0.15) is 6.04 Å². The van der Waals surface area contributed by atoms with E-state index >= 15 is 0 Å². The summed E-state index contributed by atoms with van der Waals surface area (Å²) in [5.74, 6) is -3.40. The molecule has 0 saturated carbocycles. The molecule has 0 radical (unpaired) electrons. The van der Waals surface area contributed by atoms with Crippen LogP contribution in [0.4, 0.5) is 5.69 Å². The number of carbonyl (C=O) groups is 6. The number of rotatable bonds is 10. The highest BCUT2D eigenvalue weighted by Gasteiger charge is 2.45. The van der Waals surface area contributed by atoms with E-state index in [2.05, 4.69) is 10.6 Å². The lowest BCUT2D eigenvalue weighted by Gasteiger charge is -2.28. The Labute approximate surface area is 212 Å². The zero-order valence-corrected chi connectivity index (χ0v) is 20.0. The third-order valence-electron chi connectivity index (χ3n) is 6.77. The van der Waals surface area contributed by atoms with Crippen molar-refractivity contribution < 1.29 is 33.5 Å². The van der Waals surface area contributed by atoms with E-state index in [9.17, 15) is 28.8 Å². The quantitative estimate of drug-likeness (QED) is 0.245. The van der Waals surface area contributed by atoms with Gasteiger partial charge in [0.2, 0.25) is 23.6 Å². The molecule has 0 aromatic heterocycles. The molecular weight excluding hydrogens is 482 g/mol. The average molecular weight is 510 g/mol. The lowest BCUT2D eigenvalue weighted by molar-refractivity contribution is -0.136. The summed E-state index contributed by atoms with van der Waals surface area (Å²) in [5, 5.41) is 5.25. The van der Waals surface area contributed by atoms with Crippen LogP contribution in [0.3, 0.4) is 0 Å². The van der Waals surface area contributed by atoms with Gasteiger partial charge in [-0.05, 0) is 31.4 Å². The summed E-state index contributed by atoms with van der Waals surface area (Å²) < 4.78 is 5.65. The van der Waals surface area contributed by atoms with Crippen molar-refractivity contribution in [2.45, 2.75) is 31.7 Å². The number of piperidine rings is 1. The van der Waals surface area contributed by atoms with E-state index in [0.29, 0.717) is 24.2 Å². The molecule has 37 heavy (non-hydrogen) atoms. The van der Waals surface area contributed by atoms with Crippen LogP contribution < -0.4 is 22.1 Å². The van der Waals surface area contributed by atoms with Gasteiger partial charge in [-0.25, -0.2) is 0 Å². The third-order valence-corrected chi connectivity index (χ3v) is 6.77. The second kappa shape index (κ2) is 10.3. The third kappa shape index (κ3) is 5.00. The van der Waals surface area contributed by atoms with E-state index in [1.807, 2.05) is 0 Å². The number of nitrogens with one attached hydrogen (secondary N) is 2. The first-order valence-corrected chi connectivity index (χ1v) is 11.8. The van der Waals surface area contributed by atoms with E-state index in [-0.39, 0.29) is 43.6 Å². The van der Waals surface area contributed by atoms with Gasteiger partial charge in [0.25, 0.3) is 11.8 Å². The highest BCUT2D eigenvalue weighted by atomic mass is 16.5. The van der Waals surface area contributed by atoms with Crippen LogP contribution >= 0.6 is 0 Å². The number of imide groups is 2. The molecule has 194 valence electrons. The predicted molar refractivity (Wildman–Crippen MR) is 130 cm³/mol. The van der Waals surface area contributed by atoms with E-state index in [0.717, 1.165) is 4.90 Å². The highest BCUT2D eigenvalue weighted by Crippen LogP contribution is 2.34. The summed E-state index contributed by atoms with van der Waals surface area (Å²) in [7, 11) is 0. The zero-order valence-electron chi connectivity index (χ0n) is 20.0. The molecule has 2 unspecified atom stereocenters. The number of carbonyl (C=O) groups excluding carboxylic acids is 6. The van der Waals surface area contributed by atoms with Gasteiger partial charge in [0.15, 0.2) is 0 Å². The molecule has 1 aromatic rings. The molecule has 12 nitrogen and oxygen atoms in total. The monoisotopic (exact) mass is 509 g/mol. The number of hydrogen-bond donors (Lipinski definition) is 4. The summed E-state index contributed by atoms with van der Waals surface area (Å²) in [5.41, 5.74) is 11.0. The molecule has 3 aliphatic rings. The van der Waals surface area contributed by atoms with E-state index in [4.69, 9.17) is 16.2 Å². The minimum absolute atomic E-state index is 0.0433. The second-order valence-corrected chi connectivity index (χ2v) is 9.05. The molecular formula is C25H27N5O7. The lowest BCUT2D eigenvalue weighted by Crippen LogP contribution is -2.54. The van der Waals surface area contributed by atoms with Crippen LogP contribution in [0.15, 0.2) is 42.0 Å². The molecule has 0 bridgehead atoms. The summed E-state index contributed by atoms with van der Waals surface area (Å²) in [4.78, 5) is 74.0. The van der Waals surface area contributed by atoms with Crippen molar-refractivity contribution in [1.82, 2.24) is 10.2 Å². The Balaban J connectivity index is 1.32. The predicted octanol–water partition coefficient (Wildman–Crippen LogP) is -0.250. The van der Waals surface area contributed by atoms with Crippen LogP contribution in [0.5, 0.6) is 0 Å². The molecule has 2 atom stereocenters. The normalized spacial score (nSPS) is 23.0. The zero-order chi connectivity index (χ0) is 26.7. The first-order valence-electron chi connectivity index (χ1n) is 11.8. The number of fused-ring (bicyclic) bond motifs is 1. The van der Waals surface area contributed by atoms with Gasteiger partial charge in [-0.15, -0.1) is 0 Å². The van der Waals surface area contributed by atoms with Crippen LogP contribution in [-0.4, -0.2) is 66.1 Å². The Kier molecular flexibility index (Phi) is 7.21. The number of nitrogens with zero attached hydrogens (tertiary/aromatic N) is 1. The molecule has 1 fully saturated rings. The number of ether oxygens (including phenoxy) is 1. The van der Waals surface area contributed by atoms with Crippen molar-refractivity contribution in [1.29, 1.82) is 0 Å². The maximum atomic E-state index is 13.1. The van der Waals surface area contributed by atoms with Gasteiger partial charge in [-0.1, -0.05) is 24.3 Å². The highest BCUT2D eigenvalue weighted by molar-refractivity contribution is 6.25. The van der Waals surface area contributed by atoms with E-state index < -0.39 is 46.9 Å². The lowest BCUT2D eigenvalue weighted by atomic mass is 9.77. The van der Waals surface area contributed by atoms with Crippen molar-refractivity contribution >= 4 is 41.1 Å². The number of primary amides is 2. The Morgan fingerprint density at radius 2 is 1.92 bits per heavy atom. The van der Waals surface area contributed by atoms with Crippen LogP contribution in [0.2, 0.25) is 0 Å². The average Bonchev–Trinajstić information content (AvgIpc) is 3.12. The fraction of sp³-hybridized carbons (Fsp3) is 0.360. The largest absolute Gasteiger partial charge is 0.382 e. The Hall–Kier alpha value is -4.32. The van der Waals surface area contributed by atoms with Gasteiger partial charge in [-0.2, -0.15) is 0 Å². The first kappa shape index (κ1) is 25.8. The number of allylic oxidation sites excluding steroid dienone is 1. The summed E-state index contributed by atoms with van der Waals surface area (Å²) in [6.45, 7) is 0.730. The standard InChI is InChI=1S/C25H27N5O7/c26-20(32)14-6-8-25(9-7-14,24(27)36)10-12-37-13-11-28-16-3-1-2-15-19(16)23(35)30(22(15)34)17-4-5-18(31)29-21(17)33/h1-3,6-8,17,28H,4-5,9-13H2,(H2,26,32)(H2,27,36)(H,29,31,33). The Morgan fingerprint density at radius 3 is 2.57 bits per heavy atom. The van der Waals surface area contributed by atoms with Crippen molar-refractivity contribution in [3.8, 4) is 0 Å². The van der Waals surface area contributed by atoms with Crippen molar-refractivity contribution in [3.05, 3.63) is 53.1 Å². The number of anilines is 1. The Bertz CT molecular complexity index is 1250. The number of hydrogen-bond acceptors (Lipinski definition) is 8. The van der Waals surface area contributed by atoms with Crippen LogP contribution in [0.1, 0.15) is 46.4 Å². The summed E-state index contributed by atoms with van der Waals surface area (Å²) in [6, 6.07) is 3.75. The van der Waals surface area contributed by atoms with Gasteiger partial charge in [0, 0.05) is 30.8 Å². The van der Waals surface area contributed by atoms with Gasteiger partial charge in [-0.3, -0.25) is 39.0 Å². The molecule has 0 spiro atoms. The summed E-state index contributed by atoms with van der Waals surface area (Å²) in [6.07, 6.45) is 5.33. The van der Waals surface area contributed by atoms with E-state index in [1.54, 1.807) is 24.3 Å². The summed E-state index contributed by atoms with van der Waals surface area (Å²) >= 11 is 0. The minimum atomic E-state index is -1.04. The van der Waals surface area contributed by atoms with Crippen LogP contribution in [-0.2, 0) is 23.9 Å². The van der Waals surface area contributed by atoms with E-state index in [1.165, 1.54) is 12.1 Å². The molecule has 6 amide bonds. The molecule has 4 rings (SSSR count). The minimum Gasteiger partial charge on any atom is -0.382 e.